The van der Waals surface area contributed by atoms with Crippen LogP contribution in [0.5, 0.6) is 0 Å². The summed E-state index contributed by atoms with van der Waals surface area (Å²) in [7, 11) is 0. The monoisotopic (exact) mass is 276 g/mol. The molecule has 0 fully saturated rings. The molecular weight excluding hydrogens is 260 g/mol. The molecule has 2 aromatic carbocycles. The fourth-order valence-corrected chi connectivity index (χ4v) is 3.18. The highest BCUT2D eigenvalue weighted by atomic mass is 79.9. The van der Waals surface area contributed by atoms with Gasteiger partial charge in [-0.1, -0.05) is 72.2 Å². The van der Waals surface area contributed by atoms with Crippen molar-refractivity contribution < 1.29 is 0 Å². The molecule has 0 saturated heterocycles. The largest absolute Gasteiger partial charge is 0.0928 e. The van der Waals surface area contributed by atoms with Crippen molar-refractivity contribution in [3.63, 3.8) is 0 Å². The average Bonchev–Trinajstić information content (AvgIpc) is 2.28. The first kappa shape index (κ1) is 11.7. The maximum absolute atomic E-state index is 3.55. The lowest BCUT2D eigenvalue weighted by Gasteiger charge is -2.26. The van der Waals surface area contributed by atoms with Crippen LogP contribution in [0.2, 0.25) is 0 Å². The van der Waals surface area contributed by atoms with Crippen LogP contribution >= 0.6 is 15.9 Å². The van der Waals surface area contributed by atoms with E-state index in [4.69, 9.17) is 0 Å². The first-order chi connectivity index (χ1) is 7.65. The van der Waals surface area contributed by atoms with Gasteiger partial charge in [-0.25, -0.2) is 0 Å². The average molecular weight is 277 g/mol. The van der Waals surface area contributed by atoms with E-state index in [9.17, 15) is 0 Å². The van der Waals surface area contributed by atoms with Crippen LogP contribution in [0.15, 0.2) is 42.5 Å². The van der Waals surface area contributed by atoms with Gasteiger partial charge in [-0.3, -0.25) is 0 Å². The van der Waals surface area contributed by atoms with E-state index in [1.807, 2.05) is 0 Å². The molecule has 0 amide bonds. The smallest absolute Gasteiger partial charge is 0.00395 e. The van der Waals surface area contributed by atoms with E-state index in [0.717, 1.165) is 11.8 Å². The molecular formula is C15H17Br. The third-order valence-electron chi connectivity index (χ3n) is 3.24. The highest BCUT2D eigenvalue weighted by Gasteiger charge is 2.21. The molecule has 0 N–H and O–H groups in total. The number of hydrogen-bond acceptors (Lipinski definition) is 0. The van der Waals surface area contributed by atoms with Gasteiger partial charge in [0.05, 0.1) is 0 Å². The van der Waals surface area contributed by atoms with Crippen LogP contribution in [0.25, 0.3) is 10.8 Å². The van der Waals surface area contributed by atoms with Crippen molar-refractivity contribution in [2.24, 2.45) is 0 Å². The number of alkyl halides is 1. The fraction of sp³-hybridized carbons (Fsp3) is 0.333. The lowest BCUT2D eigenvalue weighted by atomic mass is 9.80. The molecule has 2 aromatic rings. The molecule has 2 rings (SSSR count). The number of hydrogen-bond donors (Lipinski definition) is 0. The maximum atomic E-state index is 3.55. The minimum absolute atomic E-state index is 0.227. The third kappa shape index (κ3) is 2.15. The zero-order valence-corrected chi connectivity index (χ0v) is 11.4. The van der Waals surface area contributed by atoms with E-state index < -0.39 is 0 Å². The Morgan fingerprint density at radius 2 is 1.69 bits per heavy atom. The van der Waals surface area contributed by atoms with Gasteiger partial charge < -0.3 is 0 Å². The molecule has 0 aliphatic rings. The van der Waals surface area contributed by atoms with Gasteiger partial charge in [-0.15, -0.1) is 0 Å². The van der Waals surface area contributed by atoms with Gasteiger partial charge in [0.1, 0.15) is 0 Å². The second-order valence-corrected chi connectivity index (χ2v) is 5.64. The third-order valence-corrected chi connectivity index (χ3v) is 3.63. The molecule has 84 valence electrons. The normalized spacial score (nSPS) is 11.9. The summed E-state index contributed by atoms with van der Waals surface area (Å²) < 4.78 is 0. The Morgan fingerprint density at radius 1 is 1.00 bits per heavy atom. The highest BCUT2D eigenvalue weighted by Crippen LogP contribution is 2.33. The summed E-state index contributed by atoms with van der Waals surface area (Å²) in [6.07, 6.45) is 1.15. The minimum atomic E-state index is 0.227. The summed E-state index contributed by atoms with van der Waals surface area (Å²) >= 11 is 3.55. The Bertz CT molecular complexity index is 480. The number of fused-ring (bicyclic) bond motifs is 1. The van der Waals surface area contributed by atoms with Gasteiger partial charge in [0.15, 0.2) is 0 Å². The minimum Gasteiger partial charge on any atom is -0.0928 e. The lowest BCUT2D eigenvalue weighted by molar-refractivity contribution is 0.517. The molecule has 0 saturated carbocycles. The van der Waals surface area contributed by atoms with Crippen LogP contribution < -0.4 is 0 Å². The van der Waals surface area contributed by atoms with Crippen LogP contribution in [-0.2, 0) is 5.41 Å². The Hall–Kier alpha value is -0.820. The van der Waals surface area contributed by atoms with Crippen molar-refractivity contribution in [1.82, 2.24) is 0 Å². The zero-order valence-electron chi connectivity index (χ0n) is 9.83. The van der Waals surface area contributed by atoms with Crippen molar-refractivity contribution in [1.29, 1.82) is 0 Å². The van der Waals surface area contributed by atoms with Gasteiger partial charge in [0.2, 0.25) is 0 Å². The summed E-state index contributed by atoms with van der Waals surface area (Å²) in [4.78, 5) is 0. The van der Waals surface area contributed by atoms with E-state index in [0.29, 0.717) is 0 Å². The summed E-state index contributed by atoms with van der Waals surface area (Å²) in [5.74, 6) is 0. The fourth-order valence-electron chi connectivity index (χ4n) is 2.19. The van der Waals surface area contributed by atoms with E-state index >= 15 is 0 Å². The topological polar surface area (TPSA) is 0 Å². The molecule has 16 heavy (non-hydrogen) atoms. The van der Waals surface area contributed by atoms with Crippen molar-refractivity contribution in [3.8, 4) is 0 Å². The van der Waals surface area contributed by atoms with Crippen molar-refractivity contribution in [3.05, 3.63) is 48.0 Å². The summed E-state index contributed by atoms with van der Waals surface area (Å²) in [5, 5.41) is 3.77. The Balaban J connectivity index is 2.60. The van der Waals surface area contributed by atoms with Gasteiger partial charge in [0, 0.05) is 5.33 Å². The number of benzene rings is 2. The van der Waals surface area contributed by atoms with Gasteiger partial charge in [-0.05, 0) is 28.2 Å². The first-order valence-corrected chi connectivity index (χ1v) is 6.81. The second-order valence-electron chi connectivity index (χ2n) is 4.85. The molecule has 0 atom stereocenters. The lowest BCUT2D eigenvalue weighted by Crippen LogP contribution is -2.17. The van der Waals surface area contributed by atoms with Gasteiger partial charge in [-0.2, -0.15) is 0 Å². The summed E-state index contributed by atoms with van der Waals surface area (Å²) in [6, 6.07) is 15.2. The maximum Gasteiger partial charge on any atom is 0.00395 e. The quantitative estimate of drug-likeness (QED) is 0.700. The predicted octanol–water partition coefficient (Wildman–Crippen LogP) is 4.90. The predicted molar refractivity (Wildman–Crippen MR) is 75.4 cm³/mol. The molecule has 0 spiro atoms. The molecule has 0 nitrogen and oxygen atoms in total. The van der Waals surface area contributed by atoms with E-state index in [-0.39, 0.29) is 5.41 Å². The van der Waals surface area contributed by atoms with Crippen LogP contribution in [-0.4, -0.2) is 5.33 Å². The van der Waals surface area contributed by atoms with Crippen LogP contribution in [0.4, 0.5) is 0 Å². The summed E-state index contributed by atoms with van der Waals surface area (Å²) in [6.45, 7) is 4.63. The van der Waals surface area contributed by atoms with Crippen LogP contribution in [0.3, 0.4) is 0 Å². The second kappa shape index (κ2) is 4.58. The van der Waals surface area contributed by atoms with Crippen molar-refractivity contribution >= 4 is 26.7 Å². The molecule has 0 radical (unpaired) electrons. The van der Waals surface area contributed by atoms with Crippen LogP contribution in [0.1, 0.15) is 25.8 Å². The summed E-state index contributed by atoms with van der Waals surface area (Å²) in [5.41, 5.74) is 1.68. The Kier molecular flexibility index (Phi) is 3.34. The molecule has 0 bridgehead atoms. The molecule has 0 aliphatic heterocycles. The van der Waals surface area contributed by atoms with Crippen LogP contribution in [0, 0.1) is 0 Å². The Morgan fingerprint density at radius 3 is 2.44 bits per heavy atom. The zero-order chi connectivity index (χ0) is 11.6. The van der Waals surface area contributed by atoms with Gasteiger partial charge >= 0.3 is 0 Å². The van der Waals surface area contributed by atoms with E-state index in [2.05, 4.69) is 72.2 Å². The SMILES string of the molecule is CC(C)(CCBr)c1cccc2ccccc12. The molecule has 0 heterocycles. The Labute approximate surface area is 106 Å². The van der Waals surface area contributed by atoms with Crippen molar-refractivity contribution in [2.45, 2.75) is 25.7 Å². The van der Waals surface area contributed by atoms with E-state index in [1.165, 1.54) is 16.3 Å². The standard InChI is InChI=1S/C15H17Br/c1-15(2,10-11-16)14-9-5-7-12-6-3-4-8-13(12)14/h3-9H,10-11H2,1-2H3. The number of halogens is 1. The van der Waals surface area contributed by atoms with Gasteiger partial charge in [0.25, 0.3) is 0 Å². The first-order valence-electron chi connectivity index (χ1n) is 5.69. The molecule has 1 heteroatoms. The van der Waals surface area contributed by atoms with Crippen molar-refractivity contribution in [2.75, 3.05) is 5.33 Å². The molecule has 0 aliphatic carbocycles. The molecule has 0 unspecified atom stereocenters. The van der Waals surface area contributed by atoms with E-state index in [1.54, 1.807) is 0 Å². The number of rotatable bonds is 3. The molecule has 0 aromatic heterocycles. The highest BCUT2D eigenvalue weighted by molar-refractivity contribution is 9.09.